The van der Waals surface area contributed by atoms with E-state index in [9.17, 15) is 23.1 Å². The summed E-state index contributed by atoms with van der Waals surface area (Å²) < 4.78 is 45.5. The van der Waals surface area contributed by atoms with Gasteiger partial charge in [0.15, 0.2) is 11.6 Å². The summed E-state index contributed by atoms with van der Waals surface area (Å²) in [6, 6.07) is 9.30. The number of amides is 1. The summed E-state index contributed by atoms with van der Waals surface area (Å²) in [5.74, 6) is -1.95. The SMILES string of the molecule is C[C@H]1CN(CC(=O)NCc2cc(F)cc(F)c2)CCN1C[C@@H](O)COc1ccccc1F. The fourth-order valence-electron chi connectivity index (χ4n) is 3.73. The number of nitrogens with one attached hydrogen (secondary N) is 1. The first-order chi connectivity index (χ1) is 15.3. The van der Waals surface area contributed by atoms with Gasteiger partial charge in [-0.15, -0.1) is 0 Å². The van der Waals surface area contributed by atoms with Crippen molar-refractivity contribution in [3.05, 3.63) is 65.5 Å². The summed E-state index contributed by atoms with van der Waals surface area (Å²) in [7, 11) is 0. The van der Waals surface area contributed by atoms with E-state index in [1.807, 2.05) is 11.8 Å². The molecule has 1 aliphatic rings. The Kier molecular flexibility index (Phi) is 8.49. The van der Waals surface area contributed by atoms with E-state index >= 15 is 0 Å². The highest BCUT2D eigenvalue weighted by Gasteiger charge is 2.26. The Balaban J connectivity index is 1.38. The van der Waals surface area contributed by atoms with Crippen LogP contribution in [0.2, 0.25) is 0 Å². The fourth-order valence-corrected chi connectivity index (χ4v) is 3.73. The number of rotatable bonds is 9. The summed E-state index contributed by atoms with van der Waals surface area (Å²) in [6.07, 6.45) is -0.779. The lowest BCUT2D eigenvalue weighted by molar-refractivity contribution is -0.123. The summed E-state index contributed by atoms with van der Waals surface area (Å²) in [4.78, 5) is 16.3. The monoisotopic (exact) mass is 451 g/mol. The minimum absolute atomic E-state index is 0.0169. The van der Waals surface area contributed by atoms with Crippen LogP contribution in [0.15, 0.2) is 42.5 Å². The quantitative estimate of drug-likeness (QED) is 0.612. The number of hydrogen-bond acceptors (Lipinski definition) is 5. The molecular weight excluding hydrogens is 423 g/mol. The molecule has 1 heterocycles. The number of piperazine rings is 1. The van der Waals surface area contributed by atoms with Crippen molar-refractivity contribution in [2.75, 3.05) is 39.3 Å². The molecular formula is C23H28F3N3O3. The molecule has 0 spiro atoms. The number of halogens is 3. The van der Waals surface area contributed by atoms with Gasteiger partial charge in [0, 0.05) is 44.8 Å². The Bertz CT molecular complexity index is 895. The molecule has 0 saturated carbocycles. The van der Waals surface area contributed by atoms with Crippen LogP contribution in [0, 0.1) is 17.5 Å². The van der Waals surface area contributed by atoms with E-state index < -0.39 is 23.6 Å². The van der Waals surface area contributed by atoms with Gasteiger partial charge in [0.2, 0.25) is 5.91 Å². The van der Waals surface area contributed by atoms with Crippen molar-refractivity contribution in [3.8, 4) is 5.75 Å². The van der Waals surface area contributed by atoms with E-state index in [2.05, 4.69) is 10.2 Å². The summed E-state index contributed by atoms with van der Waals surface area (Å²) >= 11 is 0. The van der Waals surface area contributed by atoms with Crippen LogP contribution >= 0.6 is 0 Å². The number of carbonyl (C=O) groups is 1. The average molecular weight is 451 g/mol. The highest BCUT2D eigenvalue weighted by Crippen LogP contribution is 2.16. The molecule has 9 heteroatoms. The topological polar surface area (TPSA) is 65.0 Å². The van der Waals surface area contributed by atoms with Crippen LogP contribution in [0.1, 0.15) is 12.5 Å². The van der Waals surface area contributed by atoms with Gasteiger partial charge >= 0.3 is 0 Å². The predicted molar refractivity (Wildman–Crippen MR) is 114 cm³/mol. The molecule has 0 bridgehead atoms. The van der Waals surface area contributed by atoms with Crippen molar-refractivity contribution in [2.24, 2.45) is 0 Å². The van der Waals surface area contributed by atoms with E-state index in [1.54, 1.807) is 12.1 Å². The minimum atomic E-state index is -0.779. The highest BCUT2D eigenvalue weighted by molar-refractivity contribution is 5.78. The van der Waals surface area contributed by atoms with Crippen LogP contribution in [0.3, 0.4) is 0 Å². The van der Waals surface area contributed by atoms with Crippen LogP contribution in [-0.4, -0.2) is 72.3 Å². The number of hydrogen-bond donors (Lipinski definition) is 2. The van der Waals surface area contributed by atoms with Crippen molar-refractivity contribution in [1.29, 1.82) is 0 Å². The van der Waals surface area contributed by atoms with Crippen molar-refractivity contribution in [3.63, 3.8) is 0 Å². The van der Waals surface area contributed by atoms with Crippen molar-refractivity contribution < 1.29 is 27.8 Å². The third kappa shape index (κ3) is 7.22. The molecule has 32 heavy (non-hydrogen) atoms. The lowest BCUT2D eigenvalue weighted by Crippen LogP contribution is -2.55. The third-order valence-corrected chi connectivity index (χ3v) is 5.34. The van der Waals surface area contributed by atoms with Gasteiger partial charge in [-0.3, -0.25) is 14.6 Å². The zero-order valence-electron chi connectivity index (χ0n) is 17.9. The number of ether oxygens (including phenoxy) is 1. The first-order valence-corrected chi connectivity index (χ1v) is 10.5. The van der Waals surface area contributed by atoms with Gasteiger partial charge in [-0.25, -0.2) is 13.2 Å². The molecule has 0 radical (unpaired) electrons. The van der Waals surface area contributed by atoms with Crippen molar-refractivity contribution in [2.45, 2.75) is 25.6 Å². The first-order valence-electron chi connectivity index (χ1n) is 10.5. The van der Waals surface area contributed by atoms with E-state index in [1.165, 1.54) is 24.3 Å². The van der Waals surface area contributed by atoms with Gasteiger partial charge < -0.3 is 15.2 Å². The van der Waals surface area contributed by atoms with Crippen LogP contribution in [0.4, 0.5) is 13.2 Å². The lowest BCUT2D eigenvalue weighted by Gasteiger charge is -2.40. The number of carbonyl (C=O) groups excluding carboxylic acids is 1. The maximum atomic E-state index is 13.6. The van der Waals surface area contributed by atoms with Crippen LogP contribution in [0.25, 0.3) is 0 Å². The zero-order valence-corrected chi connectivity index (χ0v) is 17.9. The second kappa shape index (κ2) is 11.3. The smallest absolute Gasteiger partial charge is 0.234 e. The Morgan fingerprint density at radius 1 is 1.19 bits per heavy atom. The molecule has 0 aliphatic carbocycles. The van der Waals surface area contributed by atoms with Crippen molar-refractivity contribution >= 4 is 5.91 Å². The Hall–Kier alpha value is -2.62. The molecule has 0 aromatic heterocycles. The molecule has 1 aliphatic heterocycles. The lowest BCUT2D eigenvalue weighted by atomic mass is 10.1. The Morgan fingerprint density at radius 3 is 2.59 bits per heavy atom. The Morgan fingerprint density at radius 2 is 1.91 bits per heavy atom. The van der Waals surface area contributed by atoms with Gasteiger partial charge in [-0.05, 0) is 36.8 Å². The summed E-state index contributed by atoms with van der Waals surface area (Å²) in [5.41, 5.74) is 0.362. The first kappa shape index (κ1) is 24.0. The van der Waals surface area contributed by atoms with E-state index in [-0.39, 0.29) is 37.4 Å². The molecule has 1 amide bonds. The highest BCUT2D eigenvalue weighted by atomic mass is 19.1. The number of β-amino-alcohol motifs (C(OH)–C–C–N with tert-alkyl or cyclic N) is 1. The summed E-state index contributed by atoms with van der Waals surface area (Å²) in [6.45, 7) is 4.50. The molecule has 2 atom stereocenters. The van der Waals surface area contributed by atoms with Gasteiger partial charge in [-0.1, -0.05) is 12.1 Å². The number of aliphatic hydroxyl groups is 1. The largest absolute Gasteiger partial charge is 0.488 e. The molecule has 2 aromatic carbocycles. The predicted octanol–water partition coefficient (Wildman–Crippen LogP) is 2.17. The molecule has 2 N–H and O–H groups in total. The number of aliphatic hydroxyl groups excluding tert-OH is 1. The molecule has 3 rings (SSSR count). The summed E-state index contributed by atoms with van der Waals surface area (Å²) in [5, 5.41) is 13.0. The van der Waals surface area contributed by atoms with Crippen LogP contribution in [-0.2, 0) is 11.3 Å². The second-order valence-electron chi connectivity index (χ2n) is 8.03. The minimum Gasteiger partial charge on any atom is -0.488 e. The molecule has 174 valence electrons. The standard InChI is InChI=1S/C23H28F3N3O3/c1-16-12-28(14-23(31)27-11-17-8-18(24)10-19(25)9-17)6-7-29(16)13-20(30)15-32-22-5-3-2-4-21(22)26/h2-5,8-10,16,20,30H,6-7,11-15H2,1H3,(H,27,31)/t16-,20+/m0/s1. The van der Waals surface area contributed by atoms with Gasteiger partial charge in [0.1, 0.15) is 24.3 Å². The number of para-hydroxylation sites is 1. The normalized spacial score (nSPS) is 18.3. The second-order valence-corrected chi connectivity index (χ2v) is 8.03. The molecule has 2 aromatic rings. The number of nitrogens with zero attached hydrogens (tertiary/aromatic N) is 2. The number of benzene rings is 2. The third-order valence-electron chi connectivity index (χ3n) is 5.34. The van der Waals surface area contributed by atoms with Gasteiger partial charge in [0.05, 0.1) is 6.54 Å². The van der Waals surface area contributed by atoms with Gasteiger partial charge in [0.25, 0.3) is 0 Å². The van der Waals surface area contributed by atoms with E-state index in [0.29, 0.717) is 31.7 Å². The molecule has 0 unspecified atom stereocenters. The molecule has 6 nitrogen and oxygen atoms in total. The van der Waals surface area contributed by atoms with E-state index in [4.69, 9.17) is 4.74 Å². The van der Waals surface area contributed by atoms with Gasteiger partial charge in [-0.2, -0.15) is 0 Å². The Labute approximate surface area is 185 Å². The maximum absolute atomic E-state index is 13.6. The maximum Gasteiger partial charge on any atom is 0.234 e. The molecule has 1 fully saturated rings. The van der Waals surface area contributed by atoms with Crippen molar-refractivity contribution in [1.82, 2.24) is 15.1 Å². The molecule has 1 saturated heterocycles. The van der Waals surface area contributed by atoms with Crippen LogP contribution < -0.4 is 10.1 Å². The van der Waals surface area contributed by atoms with E-state index in [0.717, 1.165) is 6.07 Å². The van der Waals surface area contributed by atoms with Crippen LogP contribution in [0.5, 0.6) is 5.75 Å². The fraction of sp³-hybridized carbons (Fsp3) is 0.435. The zero-order chi connectivity index (χ0) is 23.1. The average Bonchev–Trinajstić information content (AvgIpc) is 2.73.